The van der Waals surface area contributed by atoms with E-state index in [0.717, 1.165) is 29.5 Å². The van der Waals surface area contributed by atoms with Crippen molar-refractivity contribution in [2.45, 2.75) is 31.3 Å². The summed E-state index contributed by atoms with van der Waals surface area (Å²) >= 11 is 3.51. The van der Waals surface area contributed by atoms with Gasteiger partial charge in [-0.1, -0.05) is 15.9 Å². The van der Waals surface area contributed by atoms with E-state index in [1.54, 1.807) is 7.11 Å². The lowest BCUT2D eigenvalue weighted by Crippen LogP contribution is -2.11. The van der Waals surface area contributed by atoms with E-state index in [-0.39, 0.29) is 0 Å². The molecule has 3 rings (SSSR count). The Hall–Kier alpha value is -0.740. The summed E-state index contributed by atoms with van der Waals surface area (Å²) in [6, 6.07) is 3.79. The molecular formula is C14H17BrO3. The van der Waals surface area contributed by atoms with Crippen molar-refractivity contribution >= 4 is 15.9 Å². The molecule has 0 atom stereocenters. The predicted molar refractivity (Wildman–Crippen MR) is 72.0 cm³/mol. The third-order valence-corrected chi connectivity index (χ3v) is 4.30. The van der Waals surface area contributed by atoms with Gasteiger partial charge in [0.25, 0.3) is 0 Å². The predicted octanol–water partition coefficient (Wildman–Crippen LogP) is 3.23. The molecule has 0 heterocycles. The topological polar surface area (TPSA) is 38.7 Å². The Kier molecular flexibility index (Phi) is 3.02. The summed E-state index contributed by atoms with van der Waals surface area (Å²) in [4.78, 5) is 0. The average Bonchev–Trinajstić information content (AvgIpc) is 3.24. The molecule has 2 saturated carbocycles. The molecule has 3 nitrogen and oxygen atoms in total. The van der Waals surface area contributed by atoms with Crippen LogP contribution in [-0.2, 0) is 5.60 Å². The number of halogens is 1. The van der Waals surface area contributed by atoms with Crippen LogP contribution in [0.2, 0.25) is 0 Å². The number of hydrogen-bond donors (Lipinski definition) is 1. The first-order valence-electron chi connectivity index (χ1n) is 6.36. The van der Waals surface area contributed by atoms with Crippen molar-refractivity contribution in [2.24, 2.45) is 5.92 Å². The molecule has 2 aliphatic carbocycles. The Balaban J connectivity index is 1.96. The number of benzene rings is 1. The second-order valence-corrected chi connectivity index (χ2v) is 6.09. The van der Waals surface area contributed by atoms with Gasteiger partial charge in [-0.05, 0) is 43.7 Å². The summed E-state index contributed by atoms with van der Waals surface area (Å²) in [6.45, 7) is 0.718. The standard InChI is InChI=1S/C14H17BrO3/c1-17-11-5-4-10(15)12(14(16)6-7-14)13(11)18-8-9-2-3-9/h4-5,9,16H,2-3,6-8H2,1H3. The van der Waals surface area contributed by atoms with Crippen LogP contribution < -0.4 is 9.47 Å². The van der Waals surface area contributed by atoms with E-state index in [1.807, 2.05) is 12.1 Å². The van der Waals surface area contributed by atoms with Crippen molar-refractivity contribution in [1.82, 2.24) is 0 Å². The van der Waals surface area contributed by atoms with E-state index >= 15 is 0 Å². The highest BCUT2D eigenvalue weighted by Gasteiger charge is 2.46. The van der Waals surface area contributed by atoms with Gasteiger partial charge in [0.15, 0.2) is 11.5 Å². The summed E-state index contributed by atoms with van der Waals surface area (Å²) in [5.74, 6) is 2.09. The molecule has 0 spiro atoms. The second kappa shape index (κ2) is 4.42. The molecule has 2 aliphatic rings. The molecule has 4 heteroatoms. The van der Waals surface area contributed by atoms with Gasteiger partial charge in [0, 0.05) is 10.0 Å². The van der Waals surface area contributed by atoms with Crippen molar-refractivity contribution in [2.75, 3.05) is 13.7 Å². The molecular weight excluding hydrogens is 296 g/mol. The van der Waals surface area contributed by atoms with E-state index < -0.39 is 5.60 Å². The molecule has 0 amide bonds. The van der Waals surface area contributed by atoms with Crippen LogP contribution in [0.25, 0.3) is 0 Å². The third kappa shape index (κ3) is 2.24. The van der Waals surface area contributed by atoms with Crippen LogP contribution in [0.15, 0.2) is 16.6 Å². The number of aliphatic hydroxyl groups is 1. The first-order valence-corrected chi connectivity index (χ1v) is 7.15. The van der Waals surface area contributed by atoms with Gasteiger partial charge in [-0.25, -0.2) is 0 Å². The minimum absolute atomic E-state index is 0.676. The molecule has 2 fully saturated rings. The maximum Gasteiger partial charge on any atom is 0.168 e. The number of ether oxygens (including phenoxy) is 2. The zero-order chi connectivity index (χ0) is 12.8. The number of methoxy groups -OCH3 is 1. The molecule has 0 aliphatic heterocycles. The summed E-state index contributed by atoms with van der Waals surface area (Å²) in [7, 11) is 1.63. The molecule has 1 aromatic carbocycles. The van der Waals surface area contributed by atoms with Gasteiger partial charge in [-0.2, -0.15) is 0 Å². The lowest BCUT2D eigenvalue weighted by Gasteiger charge is -2.19. The lowest BCUT2D eigenvalue weighted by molar-refractivity contribution is 0.143. The largest absolute Gasteiger partial charge is 0.493 e. The quantitative estimate of drug-likeness (QED) is 0.907. The Morgan fingerprint density at radius 3 is 2.67 bits per heavy atom. The third-order valence-electron chi connectivity index (χ3n) is 3.64. The maximum atomic E-state index is 10.4. The van der Waals surface area contributed by atoms with Gasteiger partial charge in [-0.3, -0.25) is 0 Å². The minimum atomic E-state index is -0.730. The van der Waals surface area contributed by atoms with Crippen molar-refractivity contribution in [3.05, 3.63) is 22.2 Å². The molecule has 18 heavy (non-hydrogen) atoms. The molecule has 0 unspecified atom stereocenters. The summed E-state index contributed by atoms with van der Waals surface area (Å²) in [5, 5.41) is 10.4. The fraction of sp³-hybridized carbons (Fsp3) is 0.571. The van der Waals surface area contributed by atoms with E-state index in [1.165, 1.54) is 12.8 Å². The Morgan fingerprint density at radius 1 is 1.39 bits per heavy atom. The molecule has 0 radical (unpaired) electrons. The molecule has 98 valence electrons. The van der Waals surface area contributed by atoms with Crippen LogP contribution in [0.1, 0.15) is 31.2 Å². The Labute approximate surface area is 115 Å². The fourth-order valence-electron chi connectivity index (χ4n) is 2.13. The SMILES string of the molecule is COc1ccc(Br)c(C2(O)CC2)c1OCC1CC1. The normalized spacial score (nSPS) is 20.6. The second-order valence-electron chi connectivity index (χ2n) is 5.24. The van der Waals surface area contributed by atoms with Gasteiger partial charge in [-0.15, -0.1) is 0 Å². The summed E-state index contributed by atoms with van der Waals surface area (Å²) in [5.41, 5.74) is 0.120. The van der Waals surface area contributed by atoms with Crippen LogP contribution in [0.4, 0.5) is 0 Å². The highest BCUT2D eigenvalue weighted by molar-refractivity contribution is 9.10. The smallest absolute Gasteiger partial charge is 0.168 e. The zero-order valence-corrected chi connectivity index (χ0v) is 12.0. The van der Waals surface area contributed by atoms with Crippen molar-refractivity contribution < 1.29 is 14.6 Å². The van der Waals surface area contributed by atoms with Crippen molar-refractivity contribution in [1.29, 1.82) is 0 Å². The Bertz CT molecular complexity index is 464. The number of rotatable bonds is 5. The molecule has 1 N–H and O–H groups in total. The summed E-state index contributed by atoms with van der Waals surface area (Å²) < 4.78 is 12.2. The van der Waals surface area contributed by atoms with Gasteiger partial charge < -0.3 is 14.6 Å². The average molecular weight is 313 g/mol. The van der Waals surface area contributed by atoms with Crippen molar-refractivity contribution in [3.8, 4) is 11.5 Å². The van der Waals surface area contributed by atoms with Crippen LogP contribution in [0.3, 0.4) is 0 Å². The van der Waals surface area contributed by atoms with Gasteiger partial charge >= 0.3 is 0 Å². The molecule has 0 bridgehead atoms. The van der Waals surface area contributed by atoms with Gasteiger partial charge in [0.1, 0.15) is 0 Å². The van der Waals surface area contributed by atoms with Crippen LogP contribution in [0.5, 0.6) is 11.5 Å². The highest BCUT2D eigenvalue weighted by Crippen LogP contribution is 2.54. The summed E-state index contributed by atoms with van der Waals surface area (Å²) in [6.07, 6.45) is 4.07. The highest BCUT2D eigenvalue weighted by atomic mass is 79.9. The molecule has 0 saturated heterocycles. The lowest BCUT2D eigenvalue weighted by atomic mass is 10.1. The first-order chi connectivity index (χ1) is 8.64. The van der Waals surface area contributed by atoms with Crippen LogP contribution >= 0.6 is 15.9 Å². The molecule has 0 aromatic heterocycles. The van der Waals surface area contributed by atoms with Crippen LogP contribution in [0, 0.1) is 5.92 Å². The van der Waals surface area contributed by atoms with Gasteiger partial charge in [0.05, 0.1) is 19.3 Å². The van der Waals surface area contributed by atoms with E-state index in [9.17, 15) is 5.11 Å². The van der Waals surface area contributed by atoms with Crippen molar-refractivity contribution in [3.63, 3.8) is 0 Å². The first kappa shape index (κ1) is 12.3. The van der Waals surface area contributed by atoms with E-state index in [0.29, 0.717) is 17.4 Å². The molecule has 1 aromatic rings. The zero-order valence-electron chi connectivity index (χ0n) is 10.4. The Morgan fingerprint density at radius 2 is 2.11 bits per heavy atom. The minimum Gasteiger partial charge on any atom is -0.493 e. The monoisotopic (exact) mass is 312 g/mol. The number of hydrogen-bond acceptors (Lipinski definition) is 3. The van der Waals surface area contributed by atoms with Crippen LogP contribution in [-0.4, -0.2) is 18.8 Å². The van der Waals surface area contributed by atoms with E-state index in [4.69, 9.17) is 9.47 Å². The van der Waals surface area contributed by atoms with E-state index in [2.05, 4.69) is 15.9 Å². The van der Waals surface area contributed by atoms with Gasteiger partial charge in [0.2, 0.25) is 0 Å². The maximum absolute atomic E-state index is 10.4. The fourth-order valence-corrected chi connectivity index (χ4v) is 2.81.